The number of nitrogens with zero attached hydrogens (tertiary/aromatic N) is 2. The van der Waals surface area contributed by atoms with Crippen molar-refractivity contribution in [3.63, 3.8) is 0 Å². The minimum Gasteiger partial charge on any atom is -0.475 e. The predicted octanol–water partition coefficient (Wildman–Crippen LogP) is 1.34. The summed E-state index contributed by atoms with van der Waals surface area (Å²) in [5.41, 5.74) is 7.60. The summed E-state index contributed by atoms with van der Waals surface area (Å²) in [4.78, 5) is 14.9. The highest BCUT2D eigenvalue weighted by atomic mass is 16.4. The average Bonchev–Trinajstić information content (AvgIpc) is 2.55. The van der Waals surface area contributed by atoms with E-state index in [1.807, 2.05) is 6.92 Å². The van der Waals surface area contributed by atoms with E-state index in [9.17, 15) is 4.79 Å². The lowest BCUT2D eigenvalue weighted by molar-refractivity contribution is 0.0679. The smallest absolute Gasteiger partial charge is 0.372 e. The van der Waals surface area contributed by atoms with Gasteiger partial charge in [0.1, 0.15) is 0 Å². The van der Waals surface area contributed by atoms with Crippen LogP contribution in [0.2, 0.25) is 0 Å². The Morgan fingerprint density at radius 3 is 2.93 bits per heavy atom. The number of benzene rings is 1. The van der Waals surface area contributed by atoms with Crippen LogP contribution in [0.5, 0.6) is 0 Å². The number of aryl methyl sites for hydroxylation is 1. The number of nitrogen functional groups attached to an aromatic ring is 1. The van der Waals surface area contributed by atoms with Gasteiger partial charge in [0.2, 0.25) is 5.82 Å². The van der Waals surface area contributed by atoms with Gasteiger partial charge in [-0.15, -0.1) is 0 Å². The quantitative estimate of drug-likeness (QED) is 0.725. The molecule has 0 atom stereocenters. The van der Waals surface area contributed by atoms with Gasteiger partial charge in [-0.25, -0.2) is 9.78 Å². The maximum absolute atomic E-state index is 10.9. The van der Waals surface area contributed by atoms with Gasteiger partial charge in [-0.05, 0) is 25.1 Å². The van der Waals surface area contributed by atoms with Crippen LogP contribution >= 0.6 is 0 Å². The summed E-state index contributed by atoms with van der Waals surface area (Å²) in [6, 6.07) is 5.20. The van der Waals surface area contributed by atoms with Gasteiger partial charge in [0.15, 0.2) is 0 Å². The molecule has 2 aromatic rings. The SMILES string of the molecule is CCn1c(C(=O)O)nc2cc(N)ccc21. The summed E-state index contributed by atoms with van der Waals surface area (Å²) in [5, 5.41) is 8.95. The van der Waals surface area contributed by atoms with E-state index in [1.165, 1.54) is 0 Å². The fourth-order valence-electron chi connectivity index (χ4n) is 1.63. The van der Waals surface area contributed by atoms with Crippen molar-refractivity contribution in [2.75, 3.05) is 5.73 Å². The molecule has 1 aromatic heterocycles. The Morgan fingerprint density at radius 2 is 2.33 bits per heavy atom. The third-order valence-electron chi connectivity index (χ3n) is 2.28. The standard InChI is InChI=1S/C10H11N3O2/c1-2-13-8-4-3-6(11)5-7(8)12-9(13)10(14)15/h3-5H,2,11H2,1H3,(H,14,15). The summed E-state index contributed by atoms with van der Waals surface area (Å²) < 4.78 is 1.65. The molecule has 15 heavy (non-hydrogen) atoms. The summed E-state index contributed by atoms with van der Waals surface area (Å²) in [7, 11) is 0. The number of carboxylic acids is 1. The molecule has 78 valence electrons. The third kappa shape index (κ3) is 1.41. The van der Waals surface area contributed by atoms with Crippen LogP contribution in [0.4, 0.5) is 5.69 Å². The maximum atomic E-state index is 10.9. The van der Waals surface area contributed by atoms with Crippen molar-refractivity contribution in [1.29, 1.82) is 0 Å². The Hall–Kier alpha value is -2.04. The van der Waals surface area contributed by atoms with Gasteiger partial charge in [-0.1, -0.05) is 0 Å². The van der Waals surface area contributed by atoms with E-state index in [-0.39, 0.29) is 5.82 Å². The lowest BCUT2D eigenvalue weighted by Crippen LogP contribution is -2.08. The minimum absolute atomic E-state index is 0.0538. The van der Waals surface area contributed by atoms with E-state index in [2.05, 4.69) is 4.98 Å². The lowest BCUT2D eigenvalue weighted by Gasteiger charge is -2.01. The summed E-state index contributed by atoms with van der Waals surface area (Å²) in [6.07, 6.45) is 0. The molecule has 0 saturated heterocycles. The van der Waals surface area contributed by atoms with E-state index < -0.39 is 5.97 Å². The fourth-order valence-corrected chi connectivity index (χ4v) is 1.63. The number of anilines is 1. The Balaban J connectivity index is 2.78. The Labute approximate surface area is 86.1 Å². The largest absolute Gasteiger partial charge is 0.475 e. The first-order valence-electron chi connectivity index (χ1n) is 4.62. The van der Waals surface area contributed by atoms with Crippen LogP contribution in [-0.4, -0.2) is 20.6 Å². The second kappa shape index (κ2) is 3.27. The van der Waals surface area contributed by atoms with Crippen molar-refractivity contribution in [2.24, 2.45) is 0 Å². The van der Waals surface area contributed by atoms with Crippen LogP contribution in [0.3, 0.4) is 0 Å². The zero-order valence-corrected chi connectivity index (χ0v) is 8.27. The summed E-state index contributed by atoms with van der Waals surface area (Å²) >= 11 is 0. The van der Waals surface area contributed by atoms with Crippen molar-refractivity contribution in [2.45, 2.75) is 13.5 Å². The normalized spacial score (nSPS) is 10.7. The lowest BCUT2D eigenvalue weighted by atomic mass is 10.3. The van der Waals surface area contributed by atoms with Gasteiger partial charge in [-0.3, -0.25) is 0 Å². The number of imidazole rings is 1. The molecular formula is C10H11N3O2. The van der Waals surface area contributed by atoms with Gasteiger partial charge in [0.25, 0.3) is 0 Å². The molecule has 0 aliphatic rings. The topological polar surface area (TPSA) is 81.1 Å². The van der Waals surface area contributed by atoms with Crippen LogP contribution in [0.15, 0.2) is 18.2 Å². The van der Waals surface area contributed by atoms with Gasteiger partial charge >= 0.3 is 5.97 Å². The minimum atomic E-state index is -1.02. The molecule has 5 nitrogen and oxygen atoms in total. The third-order valence-corrected chi connectivity index (χ3v) is 2.28. The predicted molar refractivity (Wildman–Crippen MR) is 56.8 cm³/mol. The monoisotopic (exact) mass is 205 g/mol. The Kier molecular flexibility index (Phi) is 2.07. The van der Waals surface area contributed by atoms with Gasteiger partial charge < -0.3 is 15.4 Å². The van der Waals surface area contributed by atoms with Crippen LogP contribution < -0.4 is 5.73 Å². The molecule has 0 aliphatic heterocycles. The van der Waals surface area contributed by atoms with Crippen molar-refractivity contribution in [3.05, 3.63) is 24.0 Å². The van der Waals surface area contributed by atoms with E-state index >= 15 is 0 Å². The first-order chi connectivity index (χ1) is 7.13. The zero-order chi connectivity index (χ0) is 11.0. The Morgan fingerprint density at radius 1 is 1.60 bits per heavy atom. The number of fused-ring (bicyclic) bond motifs is 1. The van der Waals surface area contributed by atoms with Crippen molar-refractivity contribution in [1.82, 2.24) is 9.55 Å². The van der Waals surface area contributed by atoms with E-state index in [4.69, 9.17) is 10.8 Å². The van der Waals surface area contributed by atoms with Gasteiger partial charge in [-0.2, -0.15) is 0 Å². The van der Waals surface area contributed by atoms with Crippen LogP contribution in [0.25, 0.3) is 11.0 Å². The molecule has 1 heterocycles. The molecule has 3 N–H and O–H groups in total. The molecule has 0 bridgehead atoms. The van der Waals surface area contributed by atoms with Crippen molar-refractivity contribution >= 4 is 22.7 Å². The van der Waals surface area contributed by atoms with Crippen LogP contribution in [-0.2, 0) is 6.54 Å². The van der Waals surface area contributed by atoms with Gasteiger partial charge in [0, 0.05) is 12.2 Å². The van der Waals surface area contributed by atoms with Crippen molar-refractivity contribution in [3.8, 4) is 0 Å². The highest BCUT2D eigenvalue weighted by Crippen LogP contribution is 2.18. The molecule has 5 heteroatoms. The molecule has 0 unspecified atom stereocenters. The maximum Gasteiger partial charge on any atom is 0.372 e. The molecule has 0 saturated carbocycles. The molecule has 0 radical (unpaired) electrons. The molecular weight excluding hydrogens is 194 g/mol. The number of carboxylic acid groups (broad SMARTS) is 1. The Bertz CT molecular complexity index is 531. The second-order valence-corrected chi connectivity index (χ2v) is 3.23. The number of hydrogen-bond donors (Lipinski definition) is 2. The van der Waals surface area contributed by atoms with E-state index in [0.29, 0.717) is 17.7 Å². The number of hydrogen-bond acceptors (Lipinski definition) is 3. The van der Waals surface area contributed by atoms with E-state index in [1.54, 1.807) is 22.8 Å². The molecule has 0 fully saturated rings. The molecule has 0 spiro atoms. The highest BCUT2D eigenvalue weighted by Gasteiger charge is 2.15. The highest BCUT2D eigenvalue weighted by molar-refractivity contribution is 5.90. The molecule has 1 aromatic carbocycles. The first kappa shape index (κ1) is 9.51. The fraction of sp³-hybridized carbons (Fsp3) is 0.200. The summed E-state index contributed by atoms with van der Waals surface area (Å²) in [5.74, 6) is -0.968. The number of aromatic nitrogens is 2. The summed E-state index contributed by atoms with van der Waals surface area (Å²) in [6.45, 7) is 2.45. The van der Waals surface area contributed by atoms with Crippen LogP contribution in [0, 0.1) is 0 Å². The number of nitrogens with two attached hydrogens (primary N) is 1. The molecule has 0 amide bonds. The van der Waals surface area contributed by atoms with Gasteiger partial charge in [0.05, 0.1) is 11.0 Å². The molecule has 2 rings (SSSR count). The number of rotatable bonds is 2. The second-order valence-electron chi connectivity index (χ2n) is 3.23. The molecule has 0 aliphatic carbocycles. The van der Waals surface area contributed by atoms with Crippen molar-refractivity contribution < 1.29 is 9.90 Å². The zero-order valence-electron chi connectivity index (χ0n) is 8.27. The number of carbonyl (C=O) groups is 1. The van der Waals surface area contributed by atoms with Crippen LogP contribution in [0.1, 0.15) is 17.5 Å². The first-order valence-corrected chi connectivity index (χ1v) is 4.62. The number of aromatic carboxylic acids is 1. The average molecular weight is 205 g/mol. The van der Waals surface area contributed by atoms with E-state index in [0.717, 1.165) is 5.52 Å².